The molecule has 0 bridgehead atoms. The van der Waals surface area contributed by atoms with Crippen molar-refractivity contribution in [2.24, 2.45) is 0 Å². The molecule has 0 unspecified atom stereocenters. The predicted molar refractivity (Wildman–Crippen MR) is 94.0 cm³/mol. The molecule has 3 rings (SSSR count). The number of carbonyl (C=O) groups is 1. The van der Waals surface area contributed by atoms with Crippen LogP contribution in [0.3, 0.4) is 0 Å². The molecule has 2 atom stereocenters. The Bertz CT molecular complexity index is 751. The van der Waals surface area contributed by atoms with Crippen LogP contribution in [0.1, 0.15) is 24.9 Å². The molecule has 0 aromatic heterocycles. The number of hydrogen-bond donors (Lipinski definition) is 1. The molecular weight excluding hydrogens is 349 g/mol. The first kappa shape index (κ1) is 16.9. The number of benzene rings is 2. The number of fused-ring (bicyclic) bond motifs is 1. The lowest BCUT2D eigenvalue weighted by Crippen LogP contribution is -2.40. The minimum atomic E-state index is -0.682. The van der Waals surface area contributed by atoms with Gasteiger partial charge in [-0.05, 0) is 31.2 Å². The van der Waals surface area contributed by atoms with Crippen molar-refractivity contribution in [1.82, 2.24) is 5.32 Å². The van der Waals surface area contributed by atoms with Gasteiger partial charge in [-0.1, -0.05) is 41.4 Å². The van der Waals surface area contributed by atoms with Crippen molar-refractivity contribution in [3.63, 3.8) is 0 Å². The highest BCUT2D eigenvalue weighted by Crippen LogP contribution is 2.32. The van der Waals surface area contributed by atoms with Crippen molar-refractivity contribution in [2.75, 3.05) is 6.61 Å². The normalized spacial score (nSPS) is 17.4. The van der Waals surface area contributed by atoms with Crippen LogP contribution in [0.25, 0.3) is 0 Å². The highest BCUT2D eigenvalue weighted by Gasteiger charge is 2.25. The molecule has 1 heterocycles. The zero-order valence-corrected chi connectivity index (χ0v) is 14.6. The third kappa shape index (κ3) is 3.77. The third-order valence-corrected chi connectivity index (χ3v) is 4.37. The Hall–Kier alpha value is -1.91. The van der Waals surface area contributed by atoms with Crippen LogP contribution in [0.15, 0.2) is 42.5 Å². The van der Waals surface area contributed by atoms with Crippen molar-refractivity contribution >= 4 is 29.1 Å². The molecule has 126 valence electrons. The molecule has 1 aliphatic rings. The SMILES string of the molecule is C[C@@H](Oc1ccc(Cl)cc1Cl)C(=O)N[C@@H]1CCOc2ccccc21. The lowest BCUT2D eigenvalue weighted by Gasteiger charge is -2.27. The zero-order chi connectivity index (χ0) is 17.1. The summed E-state index contributed by atoms with van der Waals surface area (Å²) < 4.78 is 11.3. The van der Waals surface area contributed by atoms with Crippen LogP contribution in [0.4, 0.5) is 0 Å². The maximum atomic E-state index is 12.5. The van der Waals surface area contributed by atoms with Crippen molar-refractivity contribution in [3.8, 4) is 11.5 Å². The fourth-order valence-electron chi connectivity index (χ4n) is 2.60. The van der Waals surface area contributed by atoms with Crippen molar-refractivity contribution in [1.29, 1.82) is 0 Å². The summed E-state index contributed by atoms with van der Waals surface area (Å²) >= 11 is 11.9. The van der Waals surface area contributed by atoms with E-state index in [1.54, 1.807) is 25.1 Å². The van der Waals surface area contributed by atoms with Crippen LogP contribution in [0.5, 0.6) is 11.5 Å². The molecule has 0 fully saturated rings. The van der Waals surface area contributed by atoms with Gasteiger partial charge in [0.2, 0.25) is 0 Å². The number of nitrogens with one attached hydrogen (secondary N) is 1. The highest BCUT2D eigenvalue weighted by molar-refractivity contribution is 6.35. The summed E-state index contributed by atoms with van der Waals surface area (Å²) in [4.78, 5) is 12.5. The molecule has 0 aliphatic carbocycles. The second-order valence-corrected chi connectivity index (χ2v) is 6.41. The molecule has 2 aromatic carbocycles. The Morgan fingerprint density at radius 1 is 1.29 bits per heavy atom. The van der Waals surface area contributed by atoms with E-state index in [9.17, 15) is 4.79 Å². The topological polar surface area (TPSA) is 47.6 Å². The average Bonchev–Trinajstić information content (AvgIpc) is 2.57. The number of amides is 1. The smallest absolute Gasteiger partial charge is 0.261 e. The van der Waals surface area contributed by atoms with Crippen molar-refractivity contribution in [2.45, 2.75) is 25.5 Å². The number of carbonyl (C=O) groups excluding carboxylic acids is 1. The summed E-state index contributed by atoms with van der Waals surface area (Å²) in [5, 5.41) is 3.90. The van der Waals surface area contributed by atoms with Gasteiger partial charge in [-0.15, -0.1) is 0 Å². The molecular formula is C18H17Cl2NO3. The van der Waals surface area contributed by atoms with E-state index in [4.69, 9.17) is 32.7 Å². The number of para-hydroxylation sites is 1. The summed E-state index contributed by atoms with van der Waals surface area (Å²) in [5.41, 5.74) is 0.980. The van der Waals surface area contributed by atoms with Gasteiger partial charge in [0.25, 0.3) is 5.91 Å². The molecule has 4 nitrogen and oxygen atoms in total. The van der Waals surface area contributed by atoms with E-state index in [0.29, 0.717) is 22.4 Å². The molecule has 24 heavy (non-hydrogen) atoms. The van der Waals surface area contributed by atoms with Gasteiger partial charge < -0.3 is 14.8 Å². The fourth-order valence-corrected chi connectivity index (χ4v) is 3.05. The highest BCUT2D eigenvalue weighted by atomic mass is 35.5. The molecule has 0 saturated carbocycles. The summed E-state index contributed by atoms with van der Waals surface area (Å²) in [6.45, 7) is 2.26. The van der Waals surface area contributed by atoms with Gasteiger partial charge in [0.05, 0.1) is 17.7 Å². The van der Waals surface area contributed by atoms with Crippen LogP contribution in [0, 0.1) is 0 Å². The Morgan fingerprint density at radius 2 is 2.08 bits per heavy atom. The van der Waals surface area contributed by atoms with E-state index in [0.717, 1.165) is 17.7 Å². The quantitative estimate of drug-likeness (QED) is 0.873. The number of ether oxygens (including phenoxy) is 2. The Kier molecular flexibility index (Phi) is 5.17. The number of rotatable bonds is 4. The third-order valence-electron chi connectivity index (χ3n) is 3.84. The van der Waals surface area contributed by atoms with Gasteiger partial charge in [-0.3, -0.25) is 4.79 Å². The standard InChI is InChI=1S/C18H17Cl2NO3/c1-11(24-17-7-6-12(19)10-14(17)20)18(22)21-15-8-9-23-16-5-3-2-4-13(15)16/h2-7,10-11,15H,8-9H2,1H3,(H,21,22)/t11-,15-/m1/s1. The van der Waals surface area contributed by atoms with Gasteiger partial charge in [0.15, 0.2) is 6.10 Å². The van der Waals surface area contributed by atoms with E-state index in [-0.39, 0.29) is 11.9 Å². The second kappa shape index (κ2) is 7.32. The summed E-state index contributed by atoms with van der Waals surface area (Å²) in [6.07, 6.45) is 0.0376. The number of hydrogen-bond acceptors (Lipinski definition) is 3. The first-order chi connectivity index (χ1) is 11.5. The van der Waals surface area contributed by atoms with Crippen molar-refractivity contribution in [3.05, 3.63) is 58.1 Å². The molecule has 6 heteroatoms. The van der Waals surface area contributed by atoms with E-state index in [1.807, 2.05) is 24.3 Å². The summed E-state index contributed by atoms with van der Waals surface area (Å²) in [7, 11) is 0. The van der Waals surface area contributed by atoms with Gasteiger partial charge in [0.1, 0.15) is 11.5 Å². The largest absolute Gasteiger partial charge is 0.493 e. The zero-order valence-electron chi connectivity index (χ0n) is 13.1. The van der Waals surface area contributed by atoms with Crippen LogP contribution < -0.4 is 14.8 Å². The molecule has 2 aromatic rings. The number of halogens is 2. The van der Waals surface area contributed by atoms with E-state index in [2.05, 4.69) is 5.32 Å². The van der Waals surface area contributed by atoms with E-state index in [1.165, 1.54) is 0 Å². The molecule has 0 saturated heterocycles. The lowest BCUT2D eigenvalue weighted by molar-refractivity contribution is -0.128. The Labute approximate surface area is 150 Å². The second-order valence-electron chi connectivity index (χ2n) is 5.57. The minimum Gasteiger partial charge on any atom is -0.493 e. The summed E-state index contributed by atoms with van der Waals surface area (Å²) in [5.74, 6) is 1.03. The lowest BCUT2D eigenvalue weighted by atomic mass is 10.0. The van der Waals surface area contributed by atoms with Gasteiger partial charge in [-0.2, -0.15) is 0 Å². The van der Waals surface area contributed by atoms with E-state index >= 15 is 0 Å². The molecule has 1 N–H and O–H groups in total. The minimum absolute atomic E-state index is 0.0887. The predicted octanol–water partition coefficient (Wildman–Crippen LogP) is 4.40. The molecule has 0 spiro atoms. The van der Waals surface area contributed by atoms with E-state index < -0.39 is 6.10 Å². The Balaban J connectivity index is 1.67. The van der Waals surface area contributed by atoms with Crippen LogP contribution in [-0.4, -0.2) is 18.6 Å². The maximum Gasteiger partial charge on any atom is 0.261 e. The first-order valence-corrected chi connectivity index (χ1v) is 8.44. The molecule has 1 amide bonds. The van der Waals surface area contributed by atoms with Gasteiger partial charge in [-0.25, -0.2) is 0 Å². The first-order valence-electron chi connectivity index (χ1n) is 7.68. The molecule has 1 aliphatic heterocycles. The van der Waals surface area contributed by atoms with Crippen LogP contribution >= 0.6 is 23.2 Å². The van der Waals surface area contributed by atoms with Gasteiger partial charge >= 0.3 is 0 Å². The van der Waals surface area contributed by atoms with Crippen LogP contribution in [-0.2, 0) is 4.79 Å². The average molecular weight is 366 g/mol. The van der Waals surface area contributed by atoms with Crippen molar-refractivity contribution < 1.29 is 14.3 Å². The Morgan fingerprint density at radius 3 is 2.88 bits per heavy atom. The fraction of sp³-hybridized carbons (Fsp3) is 0.278. The van der Waals surface area contributed by atoms with Crippen LogP contribution in [0.2, 0.25) is 10.0 Å². The summed E-state index contributed by atoms with van der Waals surface area (Å²) in [6, 6.07) is 12.5. The van der Waals surface area contributed by atoms with Gasteiger partial charge in [0, 0.05) is 17.0 Å². The maximum absolute atomic E-state index is 12.5. The monoisotopic (exact) mass is 365 g/mol. The molecule has 0 radical (unpaired) electrons.